The zero-order chi connectivity index (χ0) is 17.8. The lowest BCUT2D eigenvalue weighted by atomic mass is 10.1. The molecule has 1 aromatic heterocycles. The highest BCUT2D eigenvalue weighted by Crippen LogP contribution is 2.22. The number of rotatable bonds is 5. The van der Waals surface area contributed by atoms with Crippen LogP contribution in [0.1, 0.15) is 29.1 Å². The van der Waals surface area contributed by atoms with E-state index in [-0.39, 0.29) is 0 Å². The third-order valence-corrected chi connectivity index (χ3v) is 4.49. The second-order valence-electron chi connectivity index (χ2n) is 6.49. The van der Waals surface area contributed by atoms with Gasteiger partial charge in [-0.1, -0.05) is 12.1 Å². The Morgan fingerprint density at radius 3 is 2.92 bits per heavy atom. The lowest BCUT2D eigenvalue weighted by Crippen LogP contribution is -2.25. The summed E-state index contributed by atoms with van der Waals surface area (Å²) in [6.07, 6.45) is 1.68. The summed E-state index contributed by atoms with van der Waals surface area (Å²) >= 11 is 0. The van der Waals surface area contributed by atoms with Crippen molar-refractivity contribution in [1.29, 1.82) is 5.26 Å². The fourth-order valence-corrected chi connectivity index (χ4v) is 3.12. The van der Waals surface area contributed by atoms with Gasteiger partial charge in [0.05, 0.1) is 18.5 Å². The summed E-state index contributed by atoms with van der Waals surface area (Å²) in [7, 11) is 3.77. The second-order valence-corrected chi connectivity index (χ2v) is 6.49. The number of hydrogen-bond donors (Lipinski definition) is 1. The van der Waals surface area contributed by atoms with Gasteiger partial charge in [0.15, 0.2) is 5.69 Å². The molecule has 2 heterocycles. The maximum absolute atomic E-state index is 9.30. The molecule has 130 valence electrons. The van der Waals surface area contributed by atoms with Gasteiger partial charge in [-0.25, -0.2) is 9.97 Å². The van der Waals surface area contributed by atoms with E-state index in [1.54, 1.807) is 7.11 Å². The average Bonchev–Trinajstić information content (AvgIpc) is 3.02. The van der Waals surface area contributed by atoms with Crippen LogP contribution >= 0.6 is 0 Å². The van der Waals surface area contributed by atoms with Crippen molar-refractivity contribution in [2.75, 3.05) is 32.6 Å². The highest BCUT2D eigenvalue weighted by atomic mass is 16.5. The summed E-state index contributed by atoms with van der Waals surface area (Å²) < 4.78 is 5.30. The number of aromatic nitrogens is 2. The molecule has 1 fully saturated rings. The molecule has 1 aliphatic heterocycles. The summed E-state index contributed by atoms with van der Waals surface area (Å²) in [6, 6.07) is 10.4. The van der Waals surface area contributed by atoms with E-state index in [0.29, 0.717) is 23.9 Å². The fourth-order valence-electron chi connectivity index (χ4n) is 3.12. The van der Waals surface area contributed by atoms with E-state index in [9.17, 15) is 5.26 Å². The van der Waals surface area contributed by atoms with Crippen LogP contribution in [0.2, 0.25) is 0 Å². The predicted octanol–water partition coefficient (Wildman–Crippen LogP) is 2.37. The number of aryl methyl sites for hydroxylation is 1. The largest absolute Gasteiger partial charge is 0.497 e. The summed E-state index contributed by atoms with van der Waals surface area (Å²) in [6.45, 7) is 3.89. The molecule has 3 rings (SSSR count). The molecule has 0 spiro atoms. The molecule has 1 atom stereocenters. The van der Waals surface area contributed by atoms with Gasteiger partial charge in [0.25, 0.3) is 0 Å². The van der Waals surface area contributed by atoms with Gasteiger partial charge in [0.1, 0.15) is 17.6 Å². The normalized spacial score (nSPS) is 17.3. The number of nitrogens with one attached hydrogen (secondary N) is 1. The van der Waals surface area contributed by atoms with Crippen LogP contribution in [0.3, 0.4) is 0 Å². The molecule has 1 saturated heterocycles. The molecule has 0 aliphatic carbocycles. The molecule has 0 saturated carbocycles. The zero-order valence-electron chi connectivity index (χ0n) is 14.9. The van der Waals surface area contributed by atoms with E-state index in [1.165, 1.54) is 0 Å². The van der Waals surface area contributed by atoms with Gasteiger partial charge in [-0.3, -0.25) is 0 Å². The molecule has 2 aromatic rings. The van der Waals surface area contributed by atoms with Gasteiger partial charge >= 0.3 is 0 Å². The van der Waals surface area contributed by atoms with Gasteiger partial charge in [-0.2, -0.15) is 5.26 Å². The minimum atomic E-state index is 0.357. The second kappa shape index (κ2) is 7.49. The van der Waals surface area contributed by atoms with Crippen molar-refractivity contribution in [3.8, 4) is 11.8 Å². The summed E-state index contributed by atoms with van der Waals surface area (Å²) in [4.78, 5) is 11.5. The molecular weight excluding hydrogens is 314 g/mol. The first-order valence-corrected chi connectivity index (χ1v) is 8.44. The Hall–Kier alpha value is -2.65. The van der Waals surface area contributed by atoms with E-state index in [4.69, 9.17) is 4.74 Å². The number of hydrogen-bond acceptors (Lipinski definition) is 6. The standard InChI is InChI=1S/C19H23N5O/c1-13-18(11-20)23-17(10-14-5-4-6-16(9-14)25-3)19(21-13)22-15-7-8-24(2)12-15/h4-6,9,15H,7-8,10,12H2,1-3H3,(H,21,22). The van der Waals surface area contributed by atoms with Crippen molar-refractivity contribution in [3.63, 3.8) is 0 Å². The molecule has 1 unspecified atom stereocenters. The molecule has 0 bridgehead atoms. The van der Waals surface area contributed by atoms with Crippen molar-refractivity contribution >= 4 is 5.82 Å². The Bertz CT molecular complexity index is 799. The van der Waals surface area contributed by atoms with Crippen molar-refractivity contribution in [1.82, 2.24) is 14.9 Å². The number of ether oxygens (including phenoxy) is 1. The number of likely N-dealkylation sites (tertiary alicyclic amines) is 1. The van der Waals surface area contributed by atoms with Gasteiger partial charge < -0.3 is 15.0 Å². The average molecular weight is 337 g/mol. The number of anilines is 1. The van der Waals surface area contributed by atoms with Crippen LogP contribution in [0, 0.1) is 18.3 Å². The lowest BCUT2D eigenvalue weighted by Gasteiger charge is -2.17. The van der Waals surface area contributed by atoms with Crippen LogP contribution in [0.15, 0.2) is 24.3 Å². The van der Waals surface area contributed by atoms with Gasteiger partial charge in [0.2, 0.25) is 0 Å². The molecular formula is C19H23N5O. The van der Waals surface area contributed by atoms with Crippen molar-refractivity contribution in [2.45, 2.75) is 25.8 Å². The smallest absolute Gasteiger partial charge is 0.162 e. The van der Waals surface area contributed by atoms with Crippen LogP contribution < -0.4 is 10.1 Å². The quantitative estimate of drug-likeness (QED) is 0.903. The molecule has 0 amide bonds. The third-order valence-electron chi connectivity index (χ3n) is 4.49. The summed E-state index contributed by atoms with van der Waals surface area (Å²) in [5.41, 5.74) is 2.91. The summed E-state index contributed by atoms with van der Waals surface area (Å²) in [5, 5.41) is 12.8. The molecule has 0 radical (unpaired) electrons. The molecule has 6 nitrogen and oxygen atoms in total. The van der Waals surface area contributed by atoms with Gasteiger partial charge in [-0.15, -0.1) is 0 Å². The number of benzene rings is 1. The van der Waals surface area contributed by atoms with Crippen molar-refractivity contribution in [2.24, 2.45) is 0 Å². The number of methoxy groups -OCH3 is 1. The maximum atomic E-state index is 9.30. The Balaban J connectivity index is 1.90. The van der Waals surface area contributed by atoms with E-state index >= 15 is 0 Å². The predicted molar refractivity (Wildman–Crippen MR) is 96.8 cm³/mol. The third kappa shape index (κ3) is 4.06. The zero-order valence-corrected chi connectivity index (χ0v) is 14.9. The van der Waals surface area contributed by atoms with E-state index in [2.05, 4.69) is 33.3 Å². The first-order chi connectivity index (χ1) is 12.1. The van der Waals surface area contributed by atoms with Crippen molar-refractivity contribution < 1.29 is 4.74 Å². The SMILES string of the molecule is COc1cccc(Cc2nc(C#N)c(C)nc2NC2CCN(C)C2)c1. The monoisotopic (exact) mass is 337 g/mol. The highest BCUT2D eigenvalue weighted by molar-refractivity contribution is 5.47. The van der Waals surface area contributed by atoms with Crippen LogP contribution in [0.4, 0.5) is 5.82 Å². The molecule has 6 heteroatoms. The Morgan fingerprint density at radius 2 is 2.24 bits per heavy atom. The Labute approximate surface area is 148 Å². The molecule has 1 aliphatic rings. The van der Waals surface area contributed by atoms with Crippen LogP contribution in [-0.2, 0) is 6.42 Å². The van der Waals surface area contributed by atoms with E-state index in [1.807, 2.05) is 31.2 Å². The van der Waals surface area contributed by atoms with Crippen molar-refractivity contribution in [3.05, 3.63) is 46.9 Å². The van der Waals surface area contributed by atoms with Crippen LogP contribution in [0.5, 0.6) is 5.75 Å². The highest BCUT2D eigenvalue weighted by Gasteiger charge is 2.22. The topological polar surface area (TPSA) is 74.1 Å². The first kappa shape index (κ1) is 17.2. The van der Waals surface area contributed by atoms with E-state index < -0.39 is 0 Å². The number of nitrogens with zero attached hydrogens (tertiary/aromatic N) is 4. The van der Waals surface area contributed by atoms with Crippen LogP contribution in [-0.4, -0.2) is 48.2 Å². The Kier molecular flexibility index (Phi) is 5.15. The molecule has 25 heavy (non-hydrogen) atoms. The lowest BCUT2D eigenvalue weighted by molar-refractivity contribution is 0.414. The van der Waals surface area contributed by atoms with Crippen LogP contribution in [0.25, 0.3) is 0 Å². The fraction of sp³-hybridized carbons (Fsp3) is 0.421. The minimum Gasteiger partial charge on any atom is -0.497 e. The van der Waals surface area contributed by atoms with Gasteiger partial charge in [0, 0.05) is 19.0 Å². The number of nitriles is 1. The Morgan fingerprint density at radius 1 is 1.40 bits per heavy atom. The van der Waals surface area contributed by atoms with E-state index in [0.717, 1.165) is 42.3 Å². The summed E-state index contributed by atoms with van der Waals surface area (Å²) in [5.74, 6) is 1.59. The maximum Gasteiger partial charge on any atom is 0.162 e. The first-order valence-electron chi connectivity index (χ1n) is 8.44. The molecule has 1 N–H and O–H groups in total. The van der Waals surface area contributed by atoms with Gasteiger partial charge in [-0.05, 0) is 44.6 Å². The minimum absolute atomic E-state index is 0.357. The number of likely N-dealkylation sites (N-methyl/N-ethyl adjacent to an activating group) is 1. The molecule has 1 aromatic carbocycles.